The van der Waals surface area contributed by atoms with Gasteiger partial charge in [-0.05, 0) is 48.6 Å². The third kappa shape index (κ3) is 2.41. The number of nitrogens with one attached hydrogen (secondary N) is 2. The van der Waals surface area contributed by atoms with Crippen LogP contribution in [0, 0.1) is 6.92 Å². The van der Waals surface area contributed by atoms with Crippen molar-refractivity contribution >= 4 is 23.3 Å². The van der Waals surface area contributed by atoms with E-state index in [0.29, 0.717) is 11.9 Å². The minimum Gasteiger partial charge on any atom is -0.383 e. The molecule has 0 spiro atoms. The van der Waals surface area contributed by atoms with Gasteiger partial charge in [0.2, 0.25) is 0 Å². The molecule has 4 heteroatoms. The fourth-order valence-electron chi connectivity index (χ4n) is 2.81. The first-order valence-corrected chi connectivity index (χ1v) is 7.77. The Morgan fingerprint density at radius 1 is 1.32 bits per heavy atom. The third-order valence-electron chi connectivity index (χ3n) is 4.30. The first kappa shape index (κ1) is 13.2. The normalized spacial score (nSPS) is 17.7. The van der Waals surface area contributed by atoms with Crippen molar-refractivity contribution in [1.82, 2.24) is 4.98 Å². The van der Waals surface area contributed by atoms with Crippen molar-refractivity contribution in [3.05, 3.63) is 52.7 Å². The van der Waals surface area contributed by atoms with Crippen molar-refractivity contribution in [2.24, 2.45) is 10.7 Å². The Morgan fingerprint density at radius 3 is 3.00 bits per heavy atom. The van der Waals surface area contributed by atoms with E-state index in [0.717, 1.165) is 17.9 Å². The summed E-state index contributed by atoms with van der Waals surface area (Å²) >= 11 is 0. The summed E-state index contributed by atoms with van der Waals surface area (Å²) in [6.07, 6.45) is 6.63. The summed E-state index contributed by atoms with van der Waals surface area (Å²) in [5.41, 5.74) is 12.1. The van der Waals surface area contributed by atoms with Gasteiger partial charge in [0.15, 0.2) is 0 Å². The SMILES string of the molecule is Cc1c[nH]c2c1C=C(c1cccc(C(N)=NC3CC3)c1)CN2. The molecule has 0 saturated heterocycles. The predicted molar refractivity (Wildman–Crippen MR) is 92.1 cm³/mol. The van der Waals surface area contributed by atoms with Gasteiger partial charge in [-0.25, -0.2) is 0 Å². The number of hydrogen-bond acceptors (Lipinski definition) is 2. The minimum absolute atomic E-state index is 0.448. The van der Waals surface area contributed by atoms with E-state index in [9.17, 15) is 0 Å². The molecule has 1 fully saturated rings. The number of anilines is 1. The molecule has 4 nitrogen and oxygen atoms in total. The van der Waals surface area contributed by atoms with Gasteiger partial charge >= 0.3 is 0 Å². The van der Waals surface area contributed by atoms with Crippen molar-refractivity contribution in [2.75, 3.05) is 11.9 Å². The number of H-pyrrole nitrogens is 1. The van der Waals surface area contributed by atoms with Crippen molar-refractivity contribution in [3.8, 4) is 0 Å². The van der Waals surface area contributed by atoms with Gasteiger partial charge in [-0.2, -0.15) is 0 Å². The quantitative estimate of drug-likeness (QED) is 0.601. The standard InChI is InChI=1S/C18H20N4/c1-11-9-20-18-16(11)8-14(10-21-18)12-3-2-4-13(7-12)17(19)22-15-5-6-15/h2-4,7-9,15,20-21H,5-6,10H2,1H3,(H2,19,22). The van der Waals surface area contributed by atoms with Gasteiger partial charge in [0.1, 0.15) is 11.7 Å². The van der Waals surface area contributed by atoms with Crippen LogP contribution in [0.2, 0.25) is 0 Å². The number of aromatic nitrogens is 1. The number of rotatable bonds is 3. The molecule has 2 aliphatic rings. The van der Waals surface area contributed by atoms with Gasteiger partial charge in [0, 0.05) is 23.9 Å². The molecule has 0 atom stereocenters. The summed E-state index contributed by atoms with van der Waals surface area (Å²) in [6.45, 7) is 2.93. The van der Waals surface area contributed by atoms with Crippen LogP contribution in [-0.4, -0.2) is 23.4 Å². The molecule has 0 radical (unpaired) electrons. The Bertz CT molecular complexity index is 778. The predicted octanol–water partition coefficient (Wildman–Crippen LogP) is 3.16. The number of nitrogens with zero attached hydrogens (tertiary/aromatic N) is 1. The van der Waals surface area contributed by atoms with Crippen LogP contribution in [0.4, 0.5) is 5.82 Å². The number of hydrogen-bond donors (Lipinski definition) is 3. The smallest absolute Gasteiger partial charge is 0.125 e. The van der Waals surface area contributed by atoms with Crippen LogP contribution in [0.3, 0.4) is 0 Å². The molecule has 2 aromatic rings. The van der Waals surface area contributed by atoms with Gasteiger partial charge in [0.05, 0.1) is 6.04 Å². The Balaban J connectivity index is 1.69. The van der Waals surface area contributed by atoms with E-state index in [1.54, 1.807) is 0 Å². The lowest BCUT2D eigenvalue weighted by atomic mass is 9.98. The molecule has 0 unspecified atom stereocenters. The Hall–Kier alpha value is -2.49. The minimum atomic E-state index is 0.448. The fourth-order valence-corrected chi connectivity index (χ4v) is 2.81. The van der Waals surface area contributed by atoms with Gasteiger partial charge in [-0.15, -0.1) is 0 Å². The summed E-state index contributed by atoms with van der Waals surface area (Å²) in [7, 11) is 0. The molecule has 22 heavy (non-hydrogen) atoms. The monoisotopic (exact) mass is 292 g/mol. The second kappa shape index (κ2) is 5.05. The van der Waals surface area contributed by atoms with Crippen LogP contribution in [0.5, 0.6) is 0 Å². The van der Waals surface area contributed by atoms with Crippen LogP contribution < -0.4 is 11.1 Å². The second-order valence-corrected chi connectivity index (χ2v) is 6.11. The van der Waals surface area contributed by atoms with Crippen LogP contribution in [-0.2, 0) is 0 Å². The molecular formula is C18H20N4. The summed E-state index contributed by atoms with van der Waals surface area (Å²) in [5, 5.41) is 3.44. The summed E-state index contributed by atoms with van der Waals surface area (Å²) in [4.78, 5) is 7.80. The number of fused-ring (bicyclic) bond motifs is 1. The number of amidine groups is 1. The lowest BCUT2D eigenvalue weighted by Crippen LogP contribution is -2.15. The van der Waals surface area contributed by atoms with E-state index in [4.69, 9.17) is 5.73 Å². The number of benzene rings is 1. The van der Waals surface area contributed by atoms with Crippen molar-refractivity contribution < 1.29 is 0 Å². The molecule has 112 valence electrons. The number of aliphatic imine (C=N–C) groups is 1. The highest BCUT2D eigenvalue weighted by atomic mass is 15.0. The molecule has 0 amide bonds. The fraction of sp³-hybridized carbons (Fsp3) is 0.278. The lowest BCUT2D eigenvalue weighted by Gasteiger charge is -2.17. The van der Waals surface area contributed by atoms with Crippen LogP contribution in [0.15, 0.2) is 35.5 Å². The van der Waals surface area contributed by atoms with Gasteiger partial charge in [-0.1, -0.05) is 18.2 Å². The maximum absolute atomic E-state index is 6.13. The van der Waals surface area contributed by atoms with E-state index < -0.39 is 0 Å². The highest BCUT2D eigenvalue weighted by Crippen LogP contribution is 2.30. The van der Waals surface area contributed by atoms with Crippen molar-refractivity contribution in [1.29, 1.82) is 0 Å². The van der Waals surface area contributed by atoms with Crippen LogP contribution >= 0.6 is 0 Å². The Kier molecular flexibility index (Phi) is 3.03. The largest absolute Gasteiger partial charge is 0.383 e. The summed E-state index contributed by atoms with van der Waals surface area (Å²) < 4.78 is 0. The molecule has 1 saturated carbocycles. The molecule has 1 aromatic carbocycles. The average molecular weight is 292 g/mol. The molecular weight excluding hydrogens is 272 g/mol. The van der Waals surface area contributed by atoms with Gasteiger partial charge in [-0.3, -0.25) is 4.99 Å². The highest BCUT2D eigenvalue weighted by Gasteiger charge is 2.21. The zero-order chi connectivity index (χ0) is 15.1. The third-order valence-corrected chi connectivity index (χ3v) is 4.30. The maximum Gasteiger partial charge on any atom is 0.125 e. The number of aryl methyl sites for hydroxylation is 1. The van der Waals surface area contributed by atoms with E-state index >= 15 is 0 Å². The summed E-state index contributed by atoms with van der Waals surface area (Å²) in [6, 6.07) is 8.81. The van der Waals surface area contributed by atoms with E-state index in [1.165, 1.54) is 35.1 Å². The zero-order valence-corrected chi connectivity index (χ0v) is 12.7. The molecule has 1 aromatic heterocycles. The summed E-state index contributed by atoms with van der Waals surface area (Å²) in [5.74, 6) is 1.76. The van der Waals surface area contributed by atoms with E-state index in [2.05, 4.69) is 46.5 Å². The first-order valence-electron chi connectivity index (χ1n) is 7.77. The van der Waals surface area contributed by atoms with Gasteiger partial charge in [0.25, 0.3) is 0 Å². The molecule has 2 heterocycles. The van der Waals surface area contributed by atoms with Crippen LogP contribution in [0.25, 0.3) is 11.6 Å². The van der Waals surface area contributed by atoms with Gasteiger partial charge < -0.3 is 16.0 Å². The van der Waals surface area contributed by atoms with E-state index in [1.807, 2.05) is 12.3 Å². The second-order valence-electron chi connectivity index (χ2n) is 6.11. The Morgan fingerprint density at radius 2 is 2.18 bits per heavy atom. The average Bonchev–Trinajstić information content (AvgIpc) is 3.29. The topological polar surface area (TPSA) is 66.2 Å². The maximum atomic E-state index is 6.13. The van der Waals surface area contributed by atoms with Crippen molar-refractivity contribution in [3.63, 3.8) is 0 Å². The zero-order valence-electron chi connectivity index (χ0n) is 12.7. The molecule has 4 rings (SSSR count). The van der Waals surface area contributed by atoms with E-state index in [-0.39, 0.29) is 0 Å². The molecule has 1 aliphatic carbocycles. The molecule has 0 bridgehead atoms. The van der Waals surface area contributed by atoms with Crippen molar-refractivity contribution in [2.45, 2.75) is 25.8 Å². The first-order chi connectivity index (χ1) is 10.7. The number of aromatic amines is 1. The molecule has 1 aliphatic heterocycles. The van der Waals surface area contributed by atoms with Crippen LogP contribution in [0.1, 0.15) is 35.1 Å². The highest BCUT2D eigenvalue weighted by molar-refractivity contribution is 5.99. The molecule has 4 N–H and O–H groups in total. The number of nitrogens with two attached hydrogens (primary N) is 1. The Labute approximate surface area is 130 Å². The lowest BCUT2D eigenvalue weighted by molar-refractivity contribution is 1.06.